The van der Waals surface area contributed by atoms with Crippen molar-refractivity contribution in [2.45, 2.75) is 32.8 Å². The molecule has 0 aliphatic heterocycles. The number of carbonyl (C=O) groups excluding carboxylic acids is 1. The average molecular weight is 222 g/mol. The molecule has 0 spiro atoms. The molecule has 0 fully saturated rings. The Balaban J connectivity index is 2.95. The van der Waals surface area contributed by atoms with Crippen molar-refractivity contribution in [3.63, 3.8) is 0 Å². The second-order valence-corrected chi connectivity index (χ2v) is 4.01. The summed E-state index contributed by atoms with van der Waals surface area (Å²) in [4.78, 5) is 11.2. The molecule has 1 aromatic rings. The molecule has 0 saturated carbocycles. The Hall–Kier alpha value is -1.51. The van der Waals surface area contributed by atoms with Gasteiger partial charge in [0.05, 0.1) is 7.11 Å². The number of carbonyl (C=O) groups is 1. The van der Waals surface area contributed by atoms with Gasteiger partial charge in [0.2, 0.25) is 0 Å². The third kappa shape index (κ3) is 2.75. The first-order chi connectivity index (χ1) is 7.51. The molecular weight excluding hydrogens is 204 g/mol. The fraction of sp³-hybridized carbons (Fsp3) is 0.462. The summed E-state index contributed by atoms with van der Waals surface area (Å²) in [6.07, 6.45) is 0.0513. The fourth-order valence-electron chi connectivity index (χ4n) is 1.47. The van der Waals surface area contributed by atoms with Crippen molar-refractivity contribution in [2.75, 3.05) is 7.11 Å². The topological polar surface area (TPSA) is 35.5 Å². The van der Waals surface area contributed by atoms with E-state index in [0.717, 1.165) is 5.56 Å². The minimum absolute atomic E-state index is 0.624. The number of hydrogen-bond donors (Lipinski definition) is 0. The van der Waals surface area contributed by atoms with Crippen molar-refractivity contribution in [1.82, 2.24) is 0 Å². The number of rotatable bonds is 3. The lowest BCUT2D eigenvalue weighted by atomic mass is 9.92. The largest absolute Gasteiger partial charge is 0.508 e. The van der Waals surface area contributed by atoms with Gasteiger partial charge in [0.25, 0.3) is 0 Å². The van der Waals surface area contributed by atoms with Crippen LogP contribution in [0, 0.1) is 6.92 Å². The van der Waals surface area contributed by atoms with E-state index in [1.165, 1.54) is 12.7 Å². The maximum absolute atomic E-state index is 11.2. The van der Waals surface area contributed by atoms with Gasteiger partial charge in [-0.05, 0) is 25.8 Å². The van der Waals surface area contributed by atoms with Crippen LogP contribution in [0.1, 0.15) is 31.4 Å². The van der Waals surface area contributed by atoms with E-state index in [-0.39, 0.29) is 0 Å². The molecule has 1 rings (SSSR count). The standard InChI is InChI=1S/C13H18O3/c1-5-13(3,16-12(14)15-4)11-8-6-10(2)7-9-11/h6-9H,5H2,1-4H3. The minimum Gasteiger partial charge on any atom is -0.438 e. The zero-order chi connectivity index (χ0) is 12.2. The highest BCUT2D eigenvalue weighted by molar-refractivity contribution is 5.60. The quantitative estimate of drug-likeness (QED) is 0.735. The lowest BCUT2D eigenvalue weighted by Crippen LogP contribution is -2.28. The first-order valence-corrected chi connectivity index (χ1v) is 5.36. The van der Waals surface area contributed by atoms with Crippen molar-refractivity contribution in [1.29, 1.82) is 0 Å². The van der Waals surface area contributed by atoms with Crippen LogP contribution in [0.4, 0.5) is 4.79 Å². The maximum Gasteiger partial charge on any atom is 0.508 e. The molecule has 0 aliphatic rings. The van der Waals surface area contributed by atoms with Gasteiger partial charge in [-0.3, -0.25) is 0 Å². The van der Waals surface area contributed by atoms with Crippen molar-refractivity contribution in [3.8, 4) is 0 Å². The van der Waals surface area contributed by atoms with Gasteiger partial charge in [-0.15, -0.1) is 0 Å². The summed E-state index contributed by atoms with van der Waals surface area (Å²) < 4.78 is 9.83. The summed E-state index contributed by atoms with van der Waals surface area (Å²) in [5.74, 6) is 0. The van der Waals surface area contributed by atoms with Crippen LogP contribution in [0.25, 0.3) is 0 Å². The van der Waals surface area contributed by atoms with E-state index in [9.17, 15) is 4.79 Å². The van der Waals surface area contributed by atoms with Gasteiger partial charge in [-0.25, -0.2) is 4.79 Å². The van der Waals surface area contributed by atoms with E-state index in [4.69, 9.17) is 4.74 Å². The molecule has 1 aromatic carbocycles. The van der Waals surface area contributed by atoms with Gasteiger partial charge in [0.15, 0.2) is 0 Å². The molecule has 16 heavy (non-hydrogen) atoms. The van der Waals surface area contributed by atoms with Crippen molar-refractivity contribution >= 4 is 6.16 Å². The molecular formula is C13H18O3. The summed E-state index contributed by atoms with van der Waals surface area (Å²) in [5.41, 5.74) is 1.53. The van der Waals surface area contributed by atoms with Crippen molar-refractivity contribution < 1.29 is 14.3 Å². The molecule has 88 valence electrons. The normalized spacial score (nSPS) is 14.0. The number of ether oxygens (including phenoxy) is 2. The lowest BCUT2D eigenvalue weighted by Gasteiger charge is -2.28. The molecule has 0 aromatic heterocycles. The smallest absolute Gasteiger partial charge is 0.438 e. The van der Waals surface area contributed by atoms with E-state index in [0.29, 0.717) is 6.42 Å². The Morgan fingerprint density at radius 1 is 1.31 bits per heavy atom. The van der Waals surface area contributed by atoms with Crippen LogP contribution in [-0.2, 0) is 15.1 Å². The first-order valence-electron chi connectivity index (χ1n) is 5.36. The van der Waals surface area contributed by atoms with E-state index in [1.54, 1.807) is 0 Å². The van der Waals surface area contributed by atoms with E-state index < -0.39 is 11.8 Å². The molecule has 0 aliphatic carbocycles. The highest BCUT2D eigenvalue weighted by atomic mass is 16.7. The van der Waals surface area contributed by atoms with Crippen LogP contribution in [0.15, 0.2) is 24.3 Å². The van der Waals surface area contributed by atoms with Gasteiger partial charge < -0.3 is 9.47 Å². The summed E-state index contributed by atoms with van der Waals surface area (Å²) >= 11 is 0. The monoisotopic (exact) mass is 222 g/mol. The highest BCUT2D eigenvalue weighted by Gasteiger charge is 2.29. The molecule has 0 heterocycles. The van der Waals surface area contributed by atoms with Gasteiger partial charge in [0, 0.05) is 0 Å². The maximum atomic E-state index is 11.2. The first kappa shape index (κ1) is 12.6. The van der Waals surface area contributed by atoms with Gasteiger partial charge in [0.1, 0.15) is 5.60 Å². The summed E-state index contributed by atoms with van der Waals surface area (Å²) in [6, 6.07) is 7.96. The molecule has 1 atom stereocenters. The Morgan fingerprint density at radius 2 is 1.88 bits per heavy atom. The number of benzene rings is 1. The van der Waals surface area contributed by atoms with Crippen LogP contribution >= 0.6 is 0 Å². The molecule has 0 amide bonds. The predicted octanol–water partition coefficient (Wildman–Crippen LogP) is 3.40. The number of hydrogen-bond acceptors (Lipinski definition) is 3. The number of aryl methyl sites for hydroxylation is 1. The van der Waals surface area contributed by atoms with Gasteiger partial charge >= 0.3 is 6.16 Å². The van der Waals surface area contributed by atoms with Crippen LogP contribution in [-0.4, -0.2) is 13.3 Å². The van der Waals surface area contributed by atoms with Crippen LogP contribution in [0.2, 0.25) is 0 Å². The van der Waals surface area contributed by atoms with E-state index in [2.05, 4.69) is 4.74 Å². The molecule has 0 saturated heterocycles. The molecule has 1 unspecified atom stereocenters. The van der Waals surface area contributed by atoms with Crippen molar-refractivity contribution in [3.05, 3.63) is 35.4 Å². The number of methoxy groups -OCH3 is 1. The Morgan fingerprint density at radius 3 is 2.31 bits per heavy atom. The minimum atomic E-state index is -0.648. The zero-order valence-corrected chi connectivity index (χ0v) is 10.2. The summed E-state index contributed by atoms with van der Waals surface area (Å²) in [7, 11) is 1.31. The summed E-state index contributed by atoms with van der Waals surface area (Å²) in [5, 5.41) is 0. The van der Waals surface area contributed by atoms with Crippen LogP contribution in [0.5, 0.6) is 0 Å². The molecule has 0 radical (unpaired) electrons. The van der Waals surface area contributed by atoms with Gasteiger partial charge in [-0.2, -0.15) is 0 Å². The molecule has 0 bridgehead atoms. The van der Waals surface area contributed by atoms with Gasteiger partial charge in [-0.1, -0.05) is 36.8 Å². The third-order valence-electron chi connectivity index (χ3n) is 2.81. The highest BCUT2D eigenvalue weighted by Crippen LogP contribution is 2.29. The van der Waals surface area contributed by atoms with Crippen LogP contribution in [0.3, 0.4) is 0 Å². The molecule has 0 N–H and O–H groups in total. The third-order valence-corrected chi connectivity index (χ3v) is 2.81. The fourth-order valence-corrected chi connectivity index (χ4v) is 1.47. The zero-order valence-electron chi connectivity index (χ0n) is 10.2. The second kappa shape index (κ2) is 5.01. The predicted molar refractivity (Wildman–Crippen MR) is 62.3 cm³/mol. The molecule has 3 nitrogen and oxygen atoms in total. The average Bonchev–Trinajstić information content (AvgIpc) is 2.29. The lowest BCUT2D eigenvalue weighted by molar-refractivity contribution is -0.0227. The summed E-state index contributed by atoms with van der Waals surface area (Å²) in [6.45, 7) is 5.88. The Kier molecular flexibility index (Phi) is 3.93. The Labute approximate surface area is 96.4 Å². The van der Waals surface area contributed by atoms with E-state index in [1.807, 2.05) is 45.0 Å². The second-order valence-electron chi connectivity index (χ2n) is 4.01. The van der Waals surface area contributed by atoms with E-state index >= 15 is 0 Å². The van der Waals surface area contributed by atoms with Crippen molar-refractivity contribution in [2.24, 2.45) is 0 Å². The van der Waals surface area contributed by atoms with Crippen LogP contribution < -0.4 is 0 Å². The molecule has 3 heteroatoms. The Bertz CT molecular complexity index is 356. The SMILES string of the molecule is CCC(C)(OC(=O)OC)c1ccc(C)cc1.